The Morgan fingerprint density at radius 2 is 2.11 bits per heavy atom. The number of nitrogens with one attached hydrogen (secondary N) is 2. The van der Waals surface area contributed by atoms with Gasteiger partial charge in [-0.25, -0.2) is 9.97 Å². The number of anilines is 1. The van der Waals surface area contributed by atoms with E-state index in [0.717, 1.165) is 49.3 Å². The first-order valence-corrected chi connectivity index (χ1v) is 12.3. The van der Waals surface area contributed by atoms with Crippen LogP contribution in [-0.2, 0) is 20.7 Å². The number of pyridine rings is 2. The second-order valence-corrected chi connectivity index (χ2v) is 9.53. The molecule has 2 aliphatic rings. The monoisotopic (exact) mass is 478 g/mol. The van der Waals surface area contributed by atoms with Crippen molar-refractivity contribution >= 4 is 23.8 Å². The number of amides is 1. The number of ether oxygens (including phenoxy) is 2. The molecule has 1 fully saturated rings. The van der Waals surface area contributed by atoms with E-state index in [4.69, 9.17) is 14.5 Å². The van der Waals surface area contributed by atoms with Crippen LogP contribution in [0.3, 0.4) is 0 Å². The molecular formula is C27H34N4O4. The van der Waals surface area contributed by atoms with Gasteiger partial charge in [-0.1, -0.05) is 25.1 Å². The second kappa shape index (κ2) is 10.9. The van der Waals surface area contributed by atoms with E-state index in [-0.39, 0.29) is 18.3 Å². The largest absolute Gasteiger partial charge is 0.481 e. The van der Waals surface area contributed by atoms with Crippen LogP contribution in [0.25, 0.3) is 6.08 Å². The Morgan fingerprint density at radius 1 is 1.29 bits per heavy atom. The summed E-state index contributed by atoms with van der Waals surface area (Å²) < 4.78 is 10.2. The molecule has 4 rings (SSSR count). The number of fused-ring (bicyclic) bond motifs is 1. The van der Waals surface area contributed by atoms with Crippen molar-refractivity contribution in [3.05, 3.63) is 53.4 Å². The van der Waals surface area contributed by atoms with E-state index < -0.39 is 11.5 Å². The third kappa shape index (κ3) is 5.99. The molecule has 3 heterocycles. The number of esters is 1. The first-order chi connectivity index (χ1) is 16.9. The van der Waals surface area contributed by atoms with Gasteiger partial charge in [0.25, 0.3) is 0 Å². The average Bonchev–Trinajstić information content (AvgIpc) is 2.85. The van der Waals surface area contributed by atoms with E-state index in [9.17, 15) is 9.59 Å². The van der Waals surface area contributed by atoms with Gasteiger partial charge in [0.2, 0.25) is 11.8 Å². The predicted octanol–water partition coefficient (Wildman–Crippen LogP) is 4.08. The lowest BCUT2D eigenvalue weighted by molar-refractivity contribution is -0.144. The van der Waals surface area contributed by atoms with Crippen molar-refractivity contribution < 1.29 is 19.1 Å². The Bertz CT molecular complexity index is 1080. The van der Waals surface area contributed by atoms with E-state index >= 15 is 0 Å². The minimum Gasteiger partial charge on any atom is -0.481 e. The topological polar surface area (TPSA) is 102 Å². The molecule has 2 N–H and O–H groups in total. The first kappa shape index (κ1) is 24.7. The van der Waals surface area contributed by atoms with Crippen LogP contribution < -0.4 is 15.4 Å². The maximum Gasteiger partial charge on any atom is 0.308 e. The molecule has 0 saturated heterocycles. The van der Waals surface area contributed by atoms with Gasteiger partial charge in [-0.2, -0.15) is 0 Å². The highest BCUT2D eigenvalue weighted by molar-refractivity contribution is 5.84. The Hall–Kier alpha value is -3.42. The summed E-state index contributed by atoms with van der Waals surface area (Å²) >= 11 is 0. The number of aromatic nitrogens is 2. The zero-order chi connectivity index (χ0) is 24.8. The molecule has 8 heteroatoms. The molecule has 1 atom stereocenters. The van der Waals surface area contributed by atoms with Gasteiger partial charge in [-0.05, 0) is 61.8 Å². The number of methoxy groups -OCH3 is 1. The van der Waals surface area contributed by atoms with Crippen LogP contribution in [0, 0.1) is 11.3 Å². The summed E-state index contributed by atoms with van der Waals surface area (Å²) in [6.45, 7) is 5.00. The number of hydrogen-bond acceptors (Lipinski definition) is 7. The van der Waals surface area contributed by atoms with E-state index in [2.05, 4.69) is 33.8 Å². The van der Waals surface area contributed by atoms with E-state index in [0.29, 0.717) is 18.4 Å². The maximum absolute atomic E-state index is 13.2. The van der Waals surface area contributed by atoms with Crippen molar-refractivity contribution in [2.24, 2.45) is 11.3 Å². The van der Waals surface area contributed by atoms with Gasteiger partial charge < -0.3 is 20.1 Å². The molecule has 1 saturated carbocycles. The molecule has 2 aromatic heterocycles. The van der Waals surface area contributed by atoms with Crippen molar-refractivity contribution in [1.29, 1.82) is 0 Å². The number of carbonyl (C=O) groups excluding carboxylic acids is 2. The number of allylic oxidation sites excluding steroid dienone is 1. The number of nitrogens with zero attached hydrogens (tertiary/aromatic N) is 2. The molecular weight excluding hydrogens is 444 g/mol. The zero-order valence-electron chi connectivity index (χ0n) is 20.7. The van der Waals surface area contributed by atoms with Gasteiger partial charge in [-0.15, -0.1) is 0 Å². The molecule has 0 unspecified atom stereocenters. The highest BCUT2D eigenvalue weighted by atomic mass is 16.5. The molecule has 2 aromatic rings. The minimum atomic E-state index is -0.515. The average molecular weight is 479 g/mol. The van der Waals surface area contributed by atoms with Crippen molar-refractivity contribution in [3.8, 4) is 5.88 Å². The van der Waals surface area contributed by atoms with E-state index in [1.54, 1.807) is 26.3 Å². The Balaban J connectivity index is 1.37. The minimum absolute atomic E-state index is 0.0467. The lowest BCUT2D eigenvalue weighted by Crippen LogP contribution is -2.48. The fourth-order valence-electron chi connectivity index (χ4n) is 4.78. The first-order valence-electron chi connectivity index (χ1n) is 12.3. The van der Waals surface area contributed by atoms with Gasteiger partial charge in [0.15, 0.2) is 0 Å². The van der Waals surface area contributed by atoms with Crippen molar-refractivity contribution in [1.82, 2.24) is 15.3 Å². The molecule has 8 nitrogen and oxygen atoms in total. The molecule has 0 bridgehead atoms. The van der Waals surface area contributed by atoms with Gasteiger partial charge in [0.05, 0.1) is 31.9 Å². The van der Waals surface area contributed by atoms with Crippen LogP contribution in [0.15, 0.2) is 36.5 Å². The molecule has 0 radical (unpaired) electrons. The van der Waals surface area contributed by atoms with E-state index in [1.807, 2.05) is 19.1 Å². The van der Waals surface area contributed by atoms with Gasteiger partial charge in [0.1, 0.15) is 5.82 Å². The smallest absolute Gasteiger partial charge is 0.308 e. The van der Waals surface area contributed by atoms with Crippen molar-refractivity contribution in [3.63, 3.8) is 0 Å². The third-order valence-corrected chi connectivity index (χ3v) is 6.78. The number of rotatable bonds is 9. The number of carbonyl (C=O) groups is 2. The third-order valence-electron chi connectivity index (χ3n) is 6.78. The molecule has 186 valence electrons. The lowest BCUT2D eigenvalue weighted by Gasteiger charge is -2.43. The fourth-order valence-corrected chi connectivity index (χ4v) is 4.78. The van der Waals surface area contributed by atoms with Gasteiger partial charge >= 0.3 is 5.97 Å². The number of aryl methyl sites for hydroxylation is 1. The van der Waals surface area contributed by atoms with Crippen LogP contribution >= 0.6 is 0 Å². The lowest BCUT2D eigenvalue weighted by atomic mass is 9.62. The number of hydrogen-bond donors (Lipinski definition) is 2. The van der Waals surface area contributed by atoms with Gasteiger partial charge in [0, 0.05) is 24.2 Å². The van der Waals surface area contributed by atoms with Crippen molar-refractivity contribution in [2.45, 2.75) is 52.0 Å². The Morgan fingerprint density at radius 3 is 2.83 bits per heavy atom. The normalized spacial score (nSPS) is 21.9. The molecule has 1 aliphatic carbocycles. The summed E-state index contributed by atoms with van der Waals surface area (Å²) in [6, 6.07) is 7.21. The molecule has 1 amide bonds. The summed E-state index contributed by atoms with van der Waals surface area (Å²) in [5, 5.41) is 6.43. The maximum atomic E-state index is 13.2. The zero-order valence-corrected chi connectivity index (χ0v) is 20.7. The molecule has 0 spiro atoms. The standard InChI is InChI=1S/C27H34N4O4/c1-4-35-24(32)14-22(20-9-12-23(34-3)29-17-20)31-26(33)27(2)15-18(16-27)7-10-21-11-8-19-6-5-13-28-25(19)30-21/h7-12,17-18,22H,4-6,13-16H2,1-3H3,(H,28,30)(H,31,33)/t18?,22-,27?/m0/s1. The molecule has 1 aliphatic heterocycles. The van der Waals surface area contributed by atoms with Crippen LogP contribution in [0.4, 0.5) is 5.82 Å². The van der Waals surface area contributed by atoms with Crippen LogP contribution in [-0.4, -0.2) is 42.1 Å². The fraction of sp³-hybridized carbons (Fsp3) is 0.481. The van der Waals surface area contributed by atoms with Crippen LogP contribution in [0.2, 0.25) is 0 Å². The van der Waals surface area contributed by atoms with Crippen molar-refractivity contribution in [2.75, 3.05) is 25.6 Å². The van der Waals surface area contributed by atoms with Crippen LogP contribution in [0.5, 0.6) is 5.88 Å². The van der Waals surface area contributed by atoms with Gasteiger partial charge in [-0.3, -0.25) is 9.59 Å². The Labute approximate surface area is 206 Å². The summed E-state index contributed by atoms with van der Waals surface area (Å²) in [5.74, 6) is 1.34. The quantitative estimate of drug-likeness (QED) is 0.524. The summed E-state index contributed by atoms with van der Waals surface area (Å²) in [5.41, 5.74) is 2.44. The van der Waals surface area contributed by atoms with E-state index in [1.165, 1.54) is 5.56 Å². The molecule has 0 aromatic carbocycles. The van der Waals surface area contributed by atoms with Crippen LogP contribution in [0.1, 0.15) is 62.4 Å². The highest BCUT2D eigenvalue weighted by Crippen LogP contribution is 2.47. The highest BCUT2D eigenvalue weighted by Gasteiger charge is 2.45. The summed E-state index contributed by atoms with van der Waals surface area (Å²) in [4.78, 5) is 34.3. The molecule has 35 heavy (non-hydrogen) atoms. The SMILES string of the molecule is CCOC(=O)C[C@H](NC(=O)C1(C)CC(C=Cc2ccc3c(n2)NCCC3)C1)c1ccc(OC)nc1. The Kier molecular flexibility index (Phi) is 7.68. The summed E-state index contributed by atoms with van der Waals surface area (Å²) in [6.07, 6.45) is 9.56. The summed E-state index contributed by atoms with van der Waals surface area (Å²) in [7, 11) is 1.54. The predicted molar refractivity (Wildman–Crippen MR) is 134 cm³/mol. The second-order valence-electron chi connectivity index (χ2n) is 9.53.